The molecule has 1 saturated heterocycles. The van der Waals surface area contributed by atoms with Gasteiger partial charge in [0.05, 0.1) is 0 Å². The largest absolute Gasteiger partial charge is 0.343 e. The van der Waals surface area contributed by atoms with Gasteiger partial charge in [-0.05, 0) is 38.0 Å². The van der Waals surface area contributed by atoms with Gasteiger partial charge >= 0.3 is 0 Å². The lowest BCUT2D eigenvalue weighted by molar-refractivity contribution is -0.149. The molecule has 1 aliphatic carbocycles. The lowest BCUT2D eigenvalue weighted by atomic mass is 9.99. The second kappa shape index (κ2) is 4.67. The van der Waals surface area contributed by atoms with Gasteiger partial charge in [0.1, 0.15) is 12.1 Å². The molecule has 1 aliphatic heterocycles. The van der Waals surface area contributed by atoms with E-state index in [4.69, 9.17) is 0 Å². The lowest BCUT2D eigenvalue weighted by Crippen LogP contribution is -2.62. The van der Waals surface area contributed by atoms with E-state index < -0.39 is 0 Å². The monoisotopic (exact) mass is 238 g/mol. The van der Waals surface area contributed by atoms with Crippen LogP contribution in [0, 0.1) is 11.8 Å². The maximum Gasteiger partial charge on any atom is 0.245 e. The van der Waals surface area contributed by atoms with E-state index in [1.165, 1.54) is 12.8 Å². The first-order chi connectivity index (χ1) is 7.99. The second-order valence-electron chi connectivity index (χ2n) is 5.80. The van der Waals surface area contributed by atoms with Crippen LogP contribution in [0.15, 0.2) is 0 Å². The molecule has 1 saturated carbocycles. The van der Waals surface area contributed by atoms with Gasteiger partial charge in [0.2, 0.25) is 11.8 Å². The number of nitrogens with zero attached hydrogens (tertiary/aromatic N) is 1. The zero-order valence-corrected chi connectivity index (χ0v) is 10.9. The molecule has 1 N–H and O–H groups in total. The topological polar surface area (TPSA) is 49.4 Å². The van der Waals surface area contributed by atoms with Gasteiger partial charge in [-0.3, -0.25) is 9.59 Å². The normalized spacial score (nSPS) is 29.8. The van der Waals surface area contributed by atoms with Crippen molar-refractivity contribution < 1.29 is 9.59 Å². The molecule has 0 spiro atoms. The van der Waals surface area contributed by atoms with Gasteiger partial charge in [0, 0.05) is 6.54 Å². The molecule has 2 aliphatic rings. The molecular formula is C13H22N2O2. The minimum absolute atomic E-state index is 0.00380. The first-order valence-electron chi connectivity index (χ1n) is 6.60. The fraction of sp³-hybridized carbons (Fsp3) is 0.846. The Morgan fingerprint density at radius 3 is 2.53 bits per heavy atom. The van der Waals surface area contributed by atoms with E-state index in [1.807, 2.05) is 6.92 Å². The first-order valence-corrected chi connectivity index (χ1v) is 6.60. The summed E-state index contributed by atoms with van der Waals surface area (Å²) in [6.45, 7) is 6.73. The van der Waals surface area contributed by atoms with Crippen LogP contribution in [0.1, 0.15) is 40.0 Å². The fourth-order valence-electron chi connectivity index (χ4n) is 2.34. The summed E-state index contributed by atoms with van der Waals surface area (Å²) in [5, 5.41) is 2.84. The molecule has 2 fully saturated rings. The molecule has 4 nitrogen and oxygen atoms in total. The molecule has 0 aromatic carbocycles. The number of nitrogens with one attached hydrogen (secondary N) is 1. The van der Waals surface area contributed by atoms with Crippen molar-refractivity contribution in [2.45, 2.75) is 52.1 Å². The van der Waals surface area contributed by atoms with Crippen LogP contribution in [0.5, 0.6) is 0 Å². The predicted molar refractivity (Wildman–Crippen MR) is 65.3 cm³/mol. The number of piperazine rings is 1. The molecule has 1 heterocycles. The number of carbonyl (C=O) groups is 2. The van der Waals surface area contributed by atoms with E-state index in [2.05, 4.69) is 19.2 Å². The van der Waals surface area contributed by atoms with Crippen molar-refractivity contribution in [2.75, 3.05) is 6.54 Å². The third-order valence-corrected chi connectivity index (χ3v) is 3.60. The Hall–Kier alpha value is -1.06. The Balaban J connectivity index is 2.05. The Bertz CT molecular complexity index is 323. The van der Waals surface area contributed by atoms with Crippen LogP contribution in [0.25, 0.3) is 0 Å². The van der Waals surface area contributed by atoms with Gasteiger partial charge in [0.25, 0.3) is 0 Å². The number of carbonyl (C=O) groups excluding carboxylic acids is 2. The van der Waals surface area contributed by atoms with Crippen molar-refractivity contribution in [3.05, 3.63) is 0 Å². The van der Waals surface area contributed by atoms with Gasteiger partial charge in [-0.25, -0.2) is 0 Å². The van der Waals surface area contributed by atoms with Crippen molar-refractivity contribution in [2.24, 2.45) is 11.8 Å². The lowest BCUT2D eigenvalue weighted by Gasteiger charge is -2.38. The number of hydrogen-bond acceptors (Lipinski definition) is 2. The van der Waals surface area contributed by atoms with Crippen molar-refractivity contribution in [1.29, 1.82) is 0 Å². The zero-order chi connectivity index (χ0) is 12.6. The second-order valence-corrected chi connectivity index (χ2v) is 5.80. The Morgan fingerprint density at radius 1 is 1.35 bits per heavy atom. The van der Waals surface area contributed by atoms with Crippen LogP contribution in [0.2, 0.25) is 0 Å². The van der Waals surface area contributed by atoms with Crippen molar-refractivity contribution >= 4 is 11.8 Å². The number of amides is 2. The van der Waals surface area contributed by atoms with Gasteiger partial charge in [-0.2, -0.15) is 0 Å². The maximum absolute atomic E-state index is 12.3. The third-order valence-electron chi connectivity index (χ3n) is 3.60. The standard InChI is InChI=1S/C13H22N2O2/c1-8(2)6-11-13(17)15(7-10-4-5-10)9(3)12(16)14-11/h8-11H,4-7H2,1-3H3,(H,14,16). The van der Waals surface area contributed by atoms with Gasteiger partial charge in [-0.15, -0.1) is 0 Å². The first kappa shape index (κ1) is 12.4. The Labute approximate surface area is 103 Å². The summed E-state index contributed by atoms with van der Waals surface area (Å²) in [5.74, 6) is 1.15. The third kappa shape index (κ3) is 2.79. The van der Waals surface area contributed by atoms with Gasteiger partial charge in [-0.1, -0.05) is 13.8 Å². The summed E-state index contributed by atoms with van der Waals surface area (Å²) in [4.78, 5) is 25.9. The van der Waals surface area contributed by atoms with Crippen LogP contribution >= 0.6 is 0 Å². The summed E-state index contributed by atoms with van der Waals surface area (Å²) in [5.41, 5.74) is 0. The molecule has 0 aromatic rings. The van der Waals surface area contributed by atoms with E-state index in [0.717, 1.165) is 13.0 Å². The summed E-state index contributed by atoms with van der Waals surface area (Å²) in [7, 11) is 0. The van der Waals surface area contributed by atoms with Crippen LogP contribution in [-0.2, 0) is 9.59 Å². The predicted octanol–water partition coefficient (Wildman–Crippen LogP) is 1.16. The number of hydrogen-bond donors (Lipinski definition) is 1. The van der Waals surface area contributed by atoms with E-state index >= 15 is 0 Å². The van der Waals surface area contributed by atoms with E-state index in [0.29, 0.717) is 11.8 Å². The fourth-order valence-corrected chi connectivity index (χ4v) is 2.34. The molecule has 2 unspecified atom stereocenters. The molecular weight excluding hydrogens is 216 g/mol. The Morgan fingerprint density at radius 2 is 2.00 bits per heavy atom. The van der Waals surface area contributed by atoms with Crippen molar-refractivity contribution in [3.8, 4) is 0 Å². The molecule has 2 amide bonds. The molecule has 0 radical (unpaired) electrons. The Kier molecular flexibility index (Phi) is 3.40. The minimum Gasteiger partial charge on any atom is -0.343 e. The van der Waals surface area contributed by atoms with E-state index in [1.54, 1.807) is 4.90 Å². The zero-order valence-electron chi connectivity index (χ0n) is 10.9. The van der Waals surface area contributed by atoms with Crippen LogP contribution in [0.3, 0.4) is 0 Å². The summed E-state index contributed by atoms with van der Waals surface area (Å²) in [6.07, 6.45) is 3.14. The number of rotatable bonds is 4. The SMILES string of the molecule is CC(C)CC1NC(=O)C(C)N(CC2CC2)C1=O. The van der Waals surface area contributed by atoms with E-state index in [9.17, 15) is 9.59 Å². The average Bonchev–Trinajstić information content (AvgIpc) is 3.04. The summed E-state index contributed by atoms with van der Waals surface area (Å²) < 4.78 is 0. The van der Waals surface area contributed by atoms with E-state index in [-0.39, 0.29) is 23.9 Å². The average molecular weight is 238 g/mol. The maximum atomic E-state index is 12.3. The molecule has 0 aromatic heterocycles. The summed E-state index contributed by atoms with van der Waals surface area (Å²) in [6, 6.07) is -0.607. The highest BCUT2D eigenvalue weighted by Gasteiger charge is 2.40. The minimum atomic E-state index is -0.308. The molecule has 0 bridgehead atoms. The van der Waals surface area contributed by atoms with Crippen molar-refractivity contribution in [3.63, 3.8) is 0 Å². The van der Waals surface area contributed by atoms with Crippen LogP contribution < -0.4 is 5.32 Å². The van der Waals surface area contributed by atoms with Crippen LogP contribution in [-0.4, -0.2) is 35.3 Å². The van der Waals surface area contributed by atoms with Gasteiger partial charge in [0.15, 0.2) is 0 Å². The van der Waals surface area contributed by atoms with Crippen molar-refractivity contribution in [1.82, 2.24) is 10.2 Å². The van der Waals surface area contributed by atoms with Gasteiger partial charge < -0.3 is 10.2 Å². The van der Waals surface area contributed by atoms with Crippen LogP contribution in [0.4, 0.5) is 0 Å². The molecule has 2 rings (SSSR count). The molecule has 4 heteroatoms. The smallest absolute Gasteiger partial charge is 0.245 e. The summed E-state index contributed by atoms with van der Waals surface area (Å²) >= 11 is 0. The molecule has 96 valence electrons. The highest BCUT2D eigenvalue weighted by molar-refractivity contribution is 5.96. The molecule has 2 atom stereocenters. The quantitative estimate of drug-likeness (QED) is 0.799. The highest BCUT2D eigenvalue weighted by Crippen LogP contribution is 2.31. The molecule has 17 heavy (non-hydrogen) atoms. The highest BCUT2D eigenvalue weighted by atomic mass is 16.2.